The van der Waals surface area contributed by atoms with Crippen molar-refractivity contribution >= 4 is 11.9 Å². The Morgan fingerprint density at radius 1 is 1.36 bits per heavy atom. The van der Waals surface area contributed by atoms with E-state index < -0.39 is 0 Å². The highest BCUT2D eigenvalue weighted by Crippen LogP contribution is 2.33. The zero-order valence-corrected chi connectivity index (χ0v) is 13.5. The molecule has 0 saturated heterocycles. The van der Waals surface area contributed by atoms with Crippen molar-refractivity contribution in [3.63, 3.8) is 0 Å². The van der Waals surface area contributed by atoms with Crippen LogP contribution in [0.1, 0.15) is 31.5 Å². The number of ether oxygens (including phenoxy) is 2. The van der Waals surface area contributed by atoms with E-state index in [0.717, 1.165) is 18.5 Å². The van der Waals surface area contributed by atoms with Crippen LogP contribution in [-0.4, -0.2) is 59.4 Å². The molecular formula is C14H24N6O2. The molecule has 8 nitrogen and oxygen atoms in total. The van der Waals surface area contributed by atoms with Gasteiger partial charge in [-0.05, 0) is 13.8 Å². The number of hydrazone groups is 1. The van der Waals surface area contributed by atoms with Gasteiger partial charge < -0.3 is 15.3 Å². The summed E-state index contributed by atoms with van der Waals surface area (Å²) < 4.78 is 13.1. The fraction of sp³-hybridized carbons (Fsp3) is 0.714. The number of hydrogen-bond donors (Lipinski definition) is 1. The average molecular weight is 308 g/mol. The van der Waals surface area contributed by atoms with Crippen LogP contribution in [0.4, 0.5) is 0 Å². The monoisotopic (exact) mass is 308 g/mol. The Bertz CT molecular complexity index is 541. The molecule has 1 saturated carbocycles. The predicted octanol–water partition coefficient (Wildman–Crippen LogP) is 0.725. The van der Waals surface area contributed by atoms with Crippen LogP contribution < -0.4 is 5.84 Å². The summed E-state index contributed by atoms with van der Waals surface area (Å²) in [6.07, 6.45) is 5.11. The summed E-state index contributed by atoms with van der Waals surface area (Å²) in [5.74, 6) is 5.23. The van der Waals surface area contributed by atoms with Crippen molar-refractivity contribution in [2.45, 2.75) is 51.0 Å². The third-order valence-corrected chi connectivity index (χ3v) is 4.03. The molecule has 4 unspecified atom stereocenters. The molecule has 1 aliphatic rings. The molecule has 0 bridgehead atoms. The molecule has 0 amide bonds. The molecule has 1 heterocycles. The van der Waals surface area contributed by atoms with Crippen LogP contribution >= 0.6 is 0 Å². The zero-order valence-electron chi connectivity index (χ0n) is 13.5. The molecule has 2 N–H and O–H groups in total. The number of aliphatic imine (C=N–C) groups is 1. The Labute approximate surface area is 130 Å². The quantitative estimate of drug-likeness (QED) is 0.491. The number of aromatic nitrogens is 3. The van der Waals surface area contributed by atoms with Gasteiger partial charge in [0.15, 0.2) is 0 Å². The molecule has 1 aromatic rings. The first-order valence-corrected chi connectivity index (χ1v) is 7.30. The van der Waals surface area contributed by atoms with Gasteiger partial charge in [-0.3, -0.25) is 4.99 Å². The molecule has 1 aromatic heterocycles. The Morgan fingerprint density at radius 3 is 2.64 bits per heavy atom. The van der Waals surface area contributed by atoms with Gasteiger partial charge in [-0.25, -0.2) is 4.68 Å². The lowest BCUT2D eigenvalue weighted by atomic mass is 9.86. The SMILES string of the molecule is COC1CC(n2cc(C)nn2)C(OC)CC1N=CC(C)=NN. The molecule has 0 aliphatic heterocycles. The van der Waals surface area contributed by atoms with E-state index >= 15 is 0 Å². The van der Waals surface area contributed by atoms with Crippen LogP contribution in [0.25, 0.3) is 0 Å². The van der Waals surface area contributed by atoms with Crippen molar-refractivity contribution in [2.24, 2.45) is 15.9 Å². The third kappa shape index (κ3) is 3.69. The van der Waals surface area contributed by atoms with Crippen molar-refractivity contribution in [3.8, 4) is 0 Å². The molecule has 8 heteroatoms. The molecule has 0 spiro atoms. The number of rotatable bonds is 5. The van der Waals surface area contributed by atoms with Gasteiger partial charge in [-0.1, -0.05) is 5.21 Å². The van der Waals surface area contributed by atoms with E-state index in [9.17, 15) is 0 Å². The van der Waals surface area contributed by atoms with Gasteiger partial charge in [-0.2, -0.15) is 5.10 Å². The van der Waals surface area contributed by atoms with Gasteiger partial charge in [0.1, 0.15) is 0 Å². The van der Waals surface area contributed by atoms with Gasteiger partial charge >= 0.3 is 0 Å². The molecule has 2 rings (SSSR count). The lowest BCUT2D eigenvalue weighted by Crippen LogP contribution is -2.44. The lowest BCUT2D eigenvalue weighted by molar-refractivity contribution is -0.0427. The fourth-order valence-corrected chi connectivity index (χ4v) is 2.80. The maximum Gasteiger partial charge on any atom is 0.0824 e. The molecular weight excluding hydrogens is 284 g/mol. The molecule has 4 atom stereocenters. The highest BCUT2D eigenvalue weighted by atomic mass is 16.5. The molecule has 22 heavy (non-hydrogen) atoms. The Morgan fingerprint density at radius 2 is 2.09 bits per heavy atom. The van der Waals surface area contributed by atoms with E-state index in [1.165, 1.54) is 0 Å². The highest BCUT2D eigenvalue weighted by molar-refractivity contribution is 6.29. The van der Waals surface area contributed by atoms with Gasteiger partial charge in [0, 0.05) is 39.5 Å². The van der Waals surface area contributed by atoms with Gasteiger partial charge in [0.2, 0.25) is 0 Å². The minimum absolute atomic E-state index is 0.00442. The lowest BCUT2D eigenvalue weighted by Gasteiger charge is -2.38. The molecule has 0 radical (unpaired) electrons. The summed E-state index contributed by atoms with van der Waals surface area (Å²) in [6, 6.07) is 0.0967. The average Bonchev–Trinajstić information content (AvgIpc) is 2.97. The van der Waals surface area contributed by atoms with Crippen molar-refractivity contribution in [1.29, 1.82) is 0 Å². The smallest absolute Gasteiger partial charge is 0.0824 e. The highest BCUT2D eigenvalue weighted by Gasteiger charge is 2.38. The standard InChI is InChI=1S/C14H24N6O2/c1-9(17-15)7-16-11-5-14(22-4)12(6-13(11)21-3)20-8-10(2)18-19-20/h7-8,11-14H,5-6,15H2,1-4H3. The zero-order chi connectivity index (χ0) is 16.1. The minimum atomic E-state index is -0.0114. The van der Waals surface area contributed by atoms with Crippen LogP contribution in [0.2, 0.25) is 0 Å². The minimum Gasteiger partial charge on any atom is -0.379 e. The molecule has 1 aliphatic carbocycles. The normalized spacial score (nSPS) is 30.1. The summed E-state index contributed by atoms with van der Waals surface area (Å²) in [5, 5.41) is 11.8. The summed E-state index contributed by atoms with van der Waals surface area (Å²) in [4.78, 5) is 4.55. The number of methoxy groups -OCH3 is 2. The summed E-state index contributed by atoms with van der Waals surface area (Å²) in [7, 11) is 3.41. The number of aryl methyl sites for hydroxylation is 1. The van der Waals surface area contributed by atoms with Crippen molar-refractivity contribution in [1.82, 2.24) is 15.0 Å². The maximum absolute atomic E-state index is 5.65. The van der Waals surface area contributed by atoms with E-state index in [2.05, 4.69) is 20.4 Å². The van der Waals surface area contributed by atoms with Gasteiger partial charge in [0.05, 0.1) is 35.7 Å². The molecule has 0 aromatic carbocycles. The van der Waals surface area contributed by atoms with Crippen LogP contribution in [0.5, 0.6) is 0 Å². The number of nitrogens with zero attached hydrogens (tertiary/aromatic N) is 5. The van der Waals surface area contributed by atoms with Crippen molar-refractivity contribution < 1.29 is 9.47 Å². The first-order valence-electron chi connectivity index (χ1n) is 7.30. The van der Waals surface area contributed by atoms with Gasteiger partial charge in [-0.15, -0.1) is 5.10 Å². The predicted molar refractivity (Wildman–Crippen MR) is 84.2 cm³/mol. The Kier molecular flexibility index (Phi) is 5.62. The largest absolute Gasteiger partial charge is 0.379 e. The number of hydrogen-bond acceptors (Lipinski definition) is 7. The molecule has 1 fully saturated rings. The van der Waals surface area contributed by atoms with E-state index in [0.29, 0.717) is 5.71 Å². The summed E-state index contributed by atoms with van der Waals surface area (Å²) in [6.45, 7) is 3.73. The first kappa shape index (κ1) is 16.6. The van der Waals surface area contributed by atoms with Crippen molar-refractivity contribution in [2.75, 3.05) is 14.2 Å². The first-order chi connectivity index (χ1) is 10.6. The third-order valence-electron chi connectivity index (χ3n) is 4.03. The van der Waals surface area contributed by atoms with E-state index in [-0.39, 0.29) is 24.3 Å². The second-order valence-corrected chi connectivity index (χ2v) is 5.54. The van der Waals surface area contributed by atoms with Crippen molar-refractivity contribution in [3.05, 3.63) is 11.9 Å². The van der Waals surface area contributed by atoms with Crippen LogP contribution in [0, 0.1) is 6.92 Å². The topological polar surface area (TPSA) is 99.9 Å². The van der Waals surface area contributed by atoms with E-state index in [1.54, 1.807) is 20.4 Å². The van der Waals surface area contributed by atoms with Crippen LogP contribution in [0.3, 0.4) is 0 Å². The second-order valence-electron chi connectivity index (χ2n) is 5.54. The summed E-state index contributed by atoms with van der Waals surface area (Å²) in [5.41, 5.74) is 1.57. The van der Waals surface area contributed by atoms with E-state index in [4.69, 9.17) is 15.3 Å². The number of nitrogens with two attached hydrogens (primary N) is 1. The summed E-state index contributed by atoms with van der Waals surface area (Å²) >= 11 is 0. The Balaban J connectivity index is 2.17. The van der Waals surface area contributed by atoms with Gasteiger partial charge in [0.25, 0.3) is 0 Å². The Hall–Kier alpha value is -1.80. The van der Waals surface area contributed by atoms with Crippen LogP contribution in [-0.2, 0) is 9.47 Å². The van der Waals surface area contributed by atoms with E-state index in [1.807, 2.05) is 24.7 Å². The second kappa shape index (κ2) is 7.46. The maximum atomic E-state index is 5.65. The fourth-order valence-electron chi connectivity index (χ4n) is 2.80. The molecule has 122 valence electrons. The van der Waals surface area contributed by atoms with Crippen LogP contribution in [0.15, 0.2) is 16.3 Å².